The second-order valence-electron chi connectivity index (χ2n) is 9.93. The molecule has 1 aliphatic rings. The Kier molecular flexibility index (Phi) is 8.22. The number of amides is 3. The smallest absolute Gasteiger partial charge is 0.259 e. The number of anilines is 3. The van der Waals surface area contributed by atoms with E-state index < -0.39 is 18.1 Å². The molecule has 0 aliphatic carbocycles. The highest BCUT2D eigenvalue weighted by Crippen LogP contribution is 2.33. The van der Waals surface area contributed by atoms with Crippen molar-refractivity contribution in [3.8, 4) is 11.5 Å². The predicted molar refractivity (Wildman–Crippen MR) is 168 cm³/mol. The number of rotatable bonds is 10. The number of aromatic nitrogens is 1. The van der Waals surface area contributed by atoms with E-state index >= 15 is 0 Å². The molecular weight excluding hydrogens is 580 g/mol. The number of hydrogen-bond acceptors (Lipinski definition) is 8. The zero-order chi connectivity index (χ0) is 30.6. The van der Waals surface area contributed by atoms with Gasteiger partial charge in [-0.3, -0.25) is 19.7 Å². The number of ether oxygens (including phenoxy) is 3. The van der Waals surface area contributed by atoms with Crippen molar-refractivity contribution in [2.75, 3.05) is 29.8 Å². The Balaban J connectivity index is 1.16. The lowest BCUT2D eigenvalue weighted by atomic mass is 10.1. The first-order valence-corrected chi connectivity index (χ1v) is 14.6. The van der Waals surface area contributed by atoms with Crippen LogP contribution in [0.1, 0.15) is 15.9 Å². The first-order chi connectivity index (χ1) is 21.4. The maximum atomic E-state index is 13.7. The first kappa shape index (κ1) is 28.8. The average Bonchev–Trinajstić information content (AvgIpc) is 3.76. The first-order valence-electron chi connectivity index (χ1n) is 13.7. The van der Waals surface area contributed by atoms with E-state index in [1.165, 1.54) is 25.6 Å². The van der Waals surface area contributed by atoms with E-state index in [9.17, 15) is 14.4 Å². The minimum atomic E-state index is -0.958. The summed E-state index contributed by atoms with van der Waals surface area (Å²) in [6, 6.07) is 28.9. The molecule has 0 radical (unpaired) electrons. The Bertz CT molecular complexity index is 1790. The average molecular weight is 609 g/mol. The highest BCUT2D eigenvalue weighted by molar-refractivity contribution is 7.22. The summed E-state index contributed by atoms with van der Waals surface area (Å²) in [6.07, 6.45) is -1.91. The summed E-state index contributed by atoms with van der Waals surface area (Å²) in [7, 11) is 3.03. The normalized spacial score (nSPS) is 15.3. The molecule has 222 valence electrons. The van der Waals surface area contributed by atoms with Crippen molar-refractivity contribution in [2.24, 2.45) is 0 Å². The number of para-hydroxylation sites is 1. The SMILES string of the molecule is COc1ccc(NC(=O)[C@H]2OC2C(=O)N(Cc2ccccc2)c2ccc(C(=O)Nc3nc4ccccc4s3)cc2)cc1OC. The highest BCUT2D eigenvalue weighted by atomic mass is 32.1. The molecule has 2 N–H and O–H groups in total. The van der Waals surface area contributed by atoms with Crippen LogP contribution in [0, 0.1) is 0 Å². The van der Waals surface area contributed by atoms with Gasteiger partial charge < -0.3 is 24.4 Å². The van der Waals surface area contributed by atoms with Gasteiger partial charge in [0.2, 0.25) is 0 Å². The monoisotopic (exact) mass is 608 g/mol. The molecule has 6 rings (SSSR count). The number of carbonyl (C=O) groups is 3. The van der Waals surface area contributed by atoms with Crippen LogP contribution in [0.5, 0.6) is 11.5 Å². The molecular formula is C33H28N4O6S. The van der Waals surface area contributed by atoms with Crippen LogP contribution in [0.15, 0.2) is 97.1 Å². The van der Waals surface area contributed by atoms with Crippen LogP contribution >= 0.6 is 11.3 Å². The van der Waals surface area contributed by atoms with Gasteiger partial charge in [-0.05, 0) is 54.1 Å². The van der Waals surface area contributed by atoms with Gasteiger partial charge in [0, 0.05) is 23.0 Å². The number of nitrogens with zero attached hydrogens (tertiary/aromatic N) is 2. The Morgan fingerprint density at radius 3 is 2.30 bits per heavy atom. The van der Waals surface area contributed by atoms with Crippen molar-refractivity contribution >= 4 is 55.8 Å². The van der Waals surface area contributed by atoms with E-state index in [-0.39, 0.29) is 18.4 Å². The number of hydrogen-bond donors (Lipinski definition) is 2. The quantitative estimate of drug-likeness (QED) is 0.201. The zero-order valence-corrected chi connectivity index (χ0v) is 24.7. The van der Waals surface area contributed by atoms with E-state index in [2.05, 4.69) is 15.6 Å². The van der Waals surface area contributed by atoms with Crippen molar-refractivity contribution in [3.05, 3.63) is 108 Å². The van der Waals surface area contributed by atoms with Gasteiger partial charge in [-0.2, -0.15) is 0 Å². The van der Waals surface area contributed by atoms with E-state index in [1.807, 2.05) is 54.6 Å². The summed E-state index contributed by atoms with van der Waals surface area (Å²) >= 11 is 1.40. The third kappa shape index (κ3) is 6.24. The summed E-state index contributed by atoms with van der Waals surface area (Å²) in [5, 5.41) is 6.12. The fourth-order valence-corrected chi connectivity index (χ4v) is 5.59. The van der Waals surface area contributed by atoms with E-state index in [4.69, 9.17) is 14.2 Å². The molecule has 3 amide bonds. The molecule has 10 nitrogen and oxygen atoms in total. The van der Waals surface area contributed by atoms with Gasteiger partial charge in [-0.25, -0.2) is 4.98 Å². The van der Waals surface area contributed by atoms with Gasteiger partial charge in [0.15, 0.2) is 28.8 Å². The van der Waals surface area contributed by atoms with Crippen LogP contribution in [-0.2, 0) is 20.9 Å². The van der Waals surface area contributed by atoms with Gasteiger partial charge in [-0.15, -0.1) is 0 Å². The van der Waals surface area contributed by atoms with Crippen LogP contribution in [0.3, 0.4) is 0 Å². The zero-order valence-electron chi connectivity index (χ0n) is 23.9. The molecule has 1 unspecified atom stereocenters. The maximum absolute atomic E-state index is 13.7. The number of thiazole rings is 1. The van der Waals surface area contributed by atoms with Gasteiger partial charge in [-0.1, -0.05) is 53.8 Å². The topological polar surface area (TPSA) is 122 Å². The van der Waals surface area contributed by atoms with Gasteiger partial charge in [0.1, 0.15) is 0 Å². The number of methoxy groups -OCH3 is 2. The predicted octanol–water partition coefficient (Wildman–Crippen LogP) is 5.51. The third-order valence-corrected chi connectivity index (χ3v) is 8.00. The van der Waals surface area contributed by atoms with Crippen molar-refractivity contribution < 1.29 is 28.6 Å². The molecule has 5 aromatic rings. The molecule has 2 atom stereocenters. The molecule has 11 heteroatoms. The fraction of sp³-hybridized carbons (Fsp3) is 0.152. The number of benzene rings is 4. The Morgan fingerprint density at radius 1 is 0.841 bits per heavy atom. The molecule has 1 fully saturated rings. The highest BCUT2D eigenvalue weighted by Gasteiger charge is 2.52. The van der Waals surface area contributed by atoms with Gasteiger partial charge >= 0.3 is 0 Å². The van der Waals surface area contributed by atoms with Crippen molar-refractivity contribution in [1.82, 2.24) is 4.98 Å². The molecule has 1 aromatic heterocycles. The molecule has 1 saturated heterocycles. The second kappa shape index (κ2) is 12.5. The third-order valence-electron chi connectivity index (χ3n) is 7.05. The van der Waals surface area contributed by atoms with Crippen LogP contribution in [0.25, 0.3) is 10.2 Å². The largest absolute Gasteiger partial charge is 0.493 e. The van der Waals surface area contributed by atoms with E-state index in [0.717, 1.165) is 15.8 Å². The Morgan fingerprint density at radius 2 is 1.57 bits per heavy atom. The molecule has 44 heavy (non-hydrogen) atoms. The summed E-state index contributed by atoms with van der Waals surface area (Å²) < 4.78 is 17.1. The Hall–Kier alpha value is -5.26. The van der Waals surface area contributed by atoms with Crippen LogP contribution in [-0.4, -0.2) is 49.1 Å². The van der Waals surface area contributed by atoms with Crippen molar-refractivity contribution in [3.63, 3.8) is 0 Å². The maximum Gasteiger partial charge on any atom is 0.259 e. The summed E-state index contributed by atoms with van der Waals surface area (Å²) in [5.74, 6) is -0.141. The standard InChI is InChI=1S/C33H28N4O6S/c1-41-25-17-14-22(18-26(25)42-2)34-31(39)28-29(43-28)32(40)37(19-20-8-4-3-5-9-20)23-15-12-21(13-16-23)30(38)36-33-35-24-10-6-7-11-27(24)44-33/h3-18,28-29H,19H2,1-2H3,(H,34,39)(H,35,36,38)/t28-,29?/m0/s1. The van der Waals surface area contributed by atoms with Crippen molar-refractivity contribution in [1.29, 1.82) is 0 Å². The molecule has 0 spiro atoms. The molecule has 1 aliphatic heterocycles. The fourth-order valence-electron chi connectivity index (χ4n) is 4.73. The molecule has 0 saturated carbocycles. The van der Waals surface area contributed by atoms with Gasteiger partial charge in [0.25, 0.3) is 17.7 Å². The van der Waals surface area contributed by atoms with Crippen LogP contribution < -0.4 is 25.0 Å². The number of nitrogens with one attached hydrogen (secondary N) is 2. The van der Waals surface area contributed by atoms with Crippen molar-refractivity contribution in [2.45, 2.75) is 18.8 Å². The number of fused-ring (bicyclic) bond motifs is 1. The number of carbonyl (C=O) groups excluding carboxylic acids is 3. The van der Waals surface area contributed by atoms with E-state index in [0.29, 0.717) is 33.6 Å². The lowest BCUT2D eigenvalue weighted by Gasteiger charge is -2.22. The molecule has 0 bridgehead atoms. The molecule has 2 heterocycles. The number of epoxide rings is 1. The lowest BCUT2D eigenvalue weighted by molar-refractivity contribution is -0.120. The minimum absolute atomic E-state index is 0.251. The van der Waals surface area contributed by atoms with Crippen LogP contribution in [0.2, 0.25) is 0 Å². The molecule has 4 aromatic carbocycles. The summed E-state index contributed by atoms with van der Waals surface area (Å²) in [4.78, 5) is 45.6. The summed E-state index contributed by atoms with van der Waals surface area (Å²) in [5.41, 5.74) is 3.16. The van der Waals surface area contributed by atoms with E-state index in [1.54, 1.807) is 47.4 Å². The van der Waals surface area contributed by atoms with Crippen LogP contribution in [0.4, 0.5) is 16.5 Å². The van der Waals surface area contributed by atoms with Gasteiger partial charge in [0.05, 0.1) is 31.0 Å². The minimum Gasteiger partial charge on any atom is -0.493 e. The summed E-state index contributed by atoms with van der Waals surface area (Å²) in [6.45, 7) is 0.251. The Labute approximate surface area is 257 Å². The lowest BCUT2D eigenvalue weighted by Crippen LogP contribution is -2.36. The second-order valence-corrected chi connectivity index (χ2v) is 11.0.